The predicted octanol–water partition coefficient (Wildman–Crippen LogP) is 4.69. The monoisotopic (exact) mass is 535 g/mol. The molecule has 0 aliphatic carbocycles. The molecule has 8 heteroatoms. The molecule has 1 atom stereocenters. The number of rotatable bonds is 11. The normalized spacial score (nSPS) is 12.2. The maximum atomic E-state index is 13.9. The SMILES string of the molecule is CCc1ccc(N(CC(=O)N(Cc2cccc(C)c2)[C@@H](C)C(=O)NC(C)C)S(=O)(=O)c2ccccc2)cc1. The van der Waals surface area contributed by atoms with Crippen molar-refractivity contribution in [3.8, 4) is 0 Å². The van der Waals surface area contributed by atoms with Crippen LogP contribution in [0.15, 0.2) is 83.8 Å². The lowest BCUT2D eigenvalue weighted by Gasteiger charge is -2.32. The molecule has 0 aliphatic rings. The standard InChI is InChI=1S/C30H37N3O4S/c1-6-25-15-17-27(18-16-25)33(38(36,37)28-13-8-7-9-14-28)21-29(34)32(24(5)30(35)31-22(2)3)20-26-12-10-11-23(4)19-26/h7-19,22,24H,6,20-21H2,1-5H3,(H,31,35)/t24-/m0/s1. The van der Waals surface area contributed by atoms with Gasteiger partial charge in [-0.2, -0.15) is 0 Å². The van der Waals surface area contributed by atoms with Crippen molar-refractivity contribution < 1.29 is 18.0 Å². The Morgan fingerprint density at radius 2 is 1.53 bits per heavy atom. The van der Waals surface area contributed by atoms with Crippen LogP contribution in [0.5, 0.6) is 0 Å². The van der Waals surface area contributed by atoms with Crippen molar-refractivity contribution in [3.63, 3.8) is 0 Å². The predicted molar refractivity (Wildman–Crippen MR) is 151 cm³/mol. The van der Waals surface area contributed by atoms with Gasteiger partial charge >= 0.3 is 0 Å². The van der Waals surface area contributed by atoms with E-state index in [4.69, 9.17) is 0 Å². The van der Waals surface area contributed by atoms with E-state index in [-0.39, 0.29) is 23.4 Å². The fourth-order valence-corrected chi connectivity index (χ4v) is 5.58. The molecule has 0 unspecified atom stereocenters. The van der Waals surface area contributed by atoms with E-state index in [1.165, 1.54) is 17.0 Å². The van der Waals surface area contributed by atoms with E-state index in [2.05, 4.69) is 5.32 Å². The molecule has 202 valence electrons. The van der Waals surface area contributed by atoms with E-state index in [1.807, 2.05) is 64.1 Å². The molecule has 0 aromatic heterocycles. The molecule has 7 nitrogen and oxygen atoms in total. The Balaban J connectivity index is 2.02. The van der Waals surface area contributed by atoms with E-state index in [0.717, 1.165) is 27.4 Å². The van der Waals surface area contributed by atoms with Crippen molar-refractivity contribution in [1.29, 1.82) is 0 Å². The Kier molecular flexibility index (Phi) is 9.69. The molecule has 2 amide bonds. The zero-order valence-corrected chi connectivity index (χ0v) is 23.5. The molecule has 38 heavy (non-hydrogen) atoms. The Labute approximate surface area is 226 Å². The molecule has 0 fully saturated rings. The number of hydrogen-bond donors (Lipinski definition) is 1. The highest BCUT2D eigenvalue weighted by atomic mass is 32.2. The summed E-state index contributed by atoms with van der Waals surface area (Å²) in [5, 5.41) is 2.86. The largest absolute Gasteiger partial charge is 0.352 e. The fourth-order valence-electron chi connectivity index (χ4n) is 4.14. The summed E-state index contributed by atoms with van der Waals surface area (Å²) in [6.07, 6.45) is 0.803. The first kappa shape index (κ1) is 28.9. The van der Waals surface area contributed by atoms with E-state index in [1.54, 1.807) is 37.3 Å². The van der Waals surface area contributed by atoms with Crippen molar-refractivity contribution in [1.82, 2.24) is 10.2 Å². The number of carbonyl (C=O) groups excluding carboxylic acids is 2. The molecular formula is C30H37N3O4S. The van der Waals surface area contributed by atoms with Crippen LogP contribution in [0.4, 0.5) is 5.69 Å². The summed E-state index contributed by atoms with van der Waals surface area (Å²) in [5.41, 5.74) is 3.32. The Morgan fingerprint density at radius 1 is 0.868 bits per heavy atom. The molecule has 0 bridgehead atoms. The smallest absolute Gasteiger partial charge is 0.264 e. The zero-order valence-electron chi connectivity index (χ0n) is 22.7. The second-order valence-corrected chi connectivity index (χ2v) is 11.6. The molecule has 3 aromatic rings. The number of nitrogens with one attached hydrogen (secondary N) is 1. The van der Waals surface area contributed by atoms with Crippen molar-refractivity contribution in [2.24, 2.45) is 0 Å². The van der Waals surface area contributed by atoms with Gasteiger partial charge in [0, 0.05) is 12.6 Å². The number of benzene rings is 3. The molecular weight excluding hydrogens is 498 g/mol. The minimum absolute atomic E-state index is 0.0863. The fraction of sp³-hybridized carbons (Fsp3) is 0.333. The highest BCUT2D eigenvalue weighted by Crippen LogP contribution is 2.25. The van der Waals surface area contributed by atoms with Gasteiger partial charge in [0.2, 0.25) is 11.8 Å². The van der Waals surface area contributed by atoms with Gasteiger partial charge in [-0.25, -0.2) is 8.42 Å². The number of carbonyl (C=O) groups is 2. The number of amides is 2. The molecule has 1 N–H and O–H groups in total. The maximum absolute atomic E-state index is 13.9. The van der Waals surface area contributed by atoms with Crippen LogP contribution >= 0.6 is 0 Å². The van der Waals surface area contributed by atoms with Gasteiger partial charge in [-0.1, -0.05) is 67.1 Å². The molecule has 0 spiro atoms. The summed E-state index contributed by atoms with van der Waals surface area (Å²) in [7, 11) is -4.06. The lowest BCUT2D eigenvalue weighted by molar-refractivity contribution is -0.139. The quantitative estimate of drug-likeness (QED) is 0.386. The van der Waals surface area contributed by atoms with Gasteiger partial charge in [-0.15, -0.1) is 0 Å². The van der Waals surface area contributed by atoms with Crippen molar-refractivity contribution >= 4 is 27.5 Å². The van der Waals surface area contributed by atoms with Gasteiger partial charge in [-0.05, 0) is 69.5 Å². The van der Waals surface area contributed by atoms with Gasteiger partial charge < -0.3 is 10.2 Å². The molecule has 0 radical (unpaired) electrons. The van der Waals surface area contributed by atoms with Crippen molar-refractivity contribution in [2.75, 3.05) is 10.8 Å². The lowest BCUT2D eigenvalue weighted by atomic mass is 10.1. The summed E-state index contributed by atoms with van der Waals surface area (Å²) in [5.74, 6) is -0.775. The Hall–Kier alpha value is -3.65. The molecule has 0 aliphatic heterocycles. The third-order valence-electron chi connectivity index (χ3n) is 6.28. The highest BCUT2D eigenvalue weighted by molar-refractivity contribution is 7.92. The molecule has 3 rings (SSSR count). The molecule has 0 heterocycles. The Morgan fingerprint density at radius 3 is 2.11 bits per heavy atom. The number of anilines is 1. The van der Waals surface area contributed by atoms with Crippen molar-refractivity contribution in [3.05, 3.63) is 95.6 Å². The lowest BCUT2D eigenvalue weighted by Crippen LogP contribution is -2.52. The first-order chi connectivity index (χ1) is 18.0. The molecule has 3 aromatic carbocycles. The van der Waals surface area contributed by atoms with E-state index >= 15 is 0 Å². The Bertz CT molecular complexity index is 1340. The third-order valence-corrected chi connectivity index (χ3v) is 8.06. The zero-order chi connectivity index (χ0) is 27.9. The first-order valence-electron chi connectivity index (χ1n) is 12.8. The summed E-state index contributed by atoms with van der Waals surface area (Å²) in [6, 6.07) is 22.0. The van der Waals surface area contributed by atoms with E-state index < -0.39 is 28.5 Å². The van der Waals surface area contributed by atoms with E-state index in [9.17, 15) is 18.0 Å². The van der Waals surface area contributed by atoms with Gasteiger partial charge in [0.1, 0.15) is 12.6 Å². The van der Waals surface area contributed by atoms with Crippen LogP contribution in [-0.4, -0.2) is 43.8 Å². The minimum atomic E-state index is -4.06. The van der Waals surface area contributed by atoms with Gasteiger partial charge in [0.15, 0.2) is 0 Å². The van der Waals surface area contributed by atoms with Crippen LogP contribution in [0.1, 0.15) is 44.4 Å². The summed E-state index contributed by atoms with van der Waals surface area (Å²) in [4.78, 5) is 28.4. The van der Waals surface area contributed by atoms with Crippen molar-refractivity contribution in [2.45, 2.75) is 64.6 Å². The van der Waals surface area contributed by atoms with Crippen LogP contribution in [0.2, 0.25) is 0 Å². The average molecular weight is 536 g/mol. The van der Waals surface area contributed by atoms with E-state index in [0.29, 0.717) is 5.69 Å². The van der Waals surface area contributed by atoms with Gasteiger partial charge in [0.05, 0.1) is 10.6 Å². The second kappa shape index (κ2) is 12.7. The number of aryl methyl sites for hydroxylation is 2. The summed E-state index contributed by atoms with van der Waals surface area (Å²) >= 11 is 0. The van der Waals surface area contributed by atoms with Crippen LogP contribution in [0, 0.1) is 6.92 Å². The van der Waals surface area contributed by atoms with Crippen LogP contribution in [0.25, 0.3) is 0 Å². The average Bonchev–Trinajstić information content (AvgIpc) is 2.90. The summed E-state index contributed by atoms with van der Waals surface area (Å²) in [6.45, 7) is 9.06. The third kappa shape index (κ3) is 7.22. The molecule has 0 saturated heterocycles. The minimum Gasteiger partial charge on any atom is -0.352 e. The second-order valence-electron chi connectivity index (χ2n) is 9.69. The molecule has 0 saturated carbocycles. The van der Waals surface area contributed by atoms with Crippen LogP contribution in [-0.2, 0) is 32.6 Å². The number of hydrogen-bond acceptors (Lipinski definition) is 4. The maximum Gasteiger partial charge on any atom is 0.264 e. The topological polar surface area (TPSA) is 86.8 Å². The van der Waals surface area contributed by atoms with Crippen LogP contribution < -0.4 is 9.62 Å². The van der Waals surface area contributed by atoms with Crippen LogP contribution in [0.3, 0.4) is 0 Å². The highest BCUT2D eigenvalue weighted by Gasteiger charge is 2.32. The number of sulfonamides is 1. The first-order valence-corrected chi connectivity index (χ1v) is 14.3. The number of nitrogens with zero attached hydrogens (tertiary/aromatic N) is 2. The summed E-state index contributed by atoms with van der Waals surface area (Å²) < 4.78 is 28.7. The van der Waals surface area contributed by atoms with Gasteiger partial charge in [0.25, 0.3) is 10.0 Å². The van der Waals surface area contributed by atoms with Gasteiger partial charge in [-0.3, -0.25) is 13.9 Å².